The Balaban J connectivity index is 2.36. The van der Waals surface area contributed by atoms with Crippen LogP contribution in [0.25, 0.3) is 0 Å². The van der Waals surface area contributed by atoms with Gasteiger partial charge in [-0.05, 0) is 38.0 Å². The molecule has 0 heterocycles. The molecule has 0 aliphatic rings. The highest BCUT2D eigenvalue weighted by Gasteiger charge is 2.01. The smallest absolute Gasteiger partial charge is 0.246 e. The number of benzene rings is 1. The molecule has 16 heavy (non-hydrogen) atoms. The number of hydrogen-bond acceptors (Lipinski definition) is 2. The topological polar surface area (TPSA) is 49.3 Å². The Morgan fingerprint density at radius 2 is 2.00 bits per heavy atom. The summed E-state index contributed by atoms with van der Waals surface area (Å²) < 4.78 is 0. The lowest BCUT2D eigenvalue weighted by atomic mass is 10.1. The molecule has 0 spiro atoms. The molecule has 0 radical (unpaired) electrons. The van der Waals surface area contributed by atoms with Gasteiger partial charge in [-0.15, -0.1) is 0 Å². The molecule has 0 aromatic heterocycles. The summed E-state index contributed by atoms with van der Waals surface area (Å²) in [6.07, 6.45) is 2.55. The van der Waals surface area contributed by atoms with E-state index in [4.69, 9.17) is 5.11 Å². The second kappa shape index (κ2) is 5.95. The van der Waals surface area contributed by atoms with Crippen molar-refractivity contribution in [3.05, 3.63) is 41.5 Å². The molecule has 0 saturated heterocycles. The fraction of sp³-hybridized carbons (Fsp3) is 0.308. The zero-order valence-corrected chi connectivity index (χ0v) is 9.66. The summed E-state index contributed by atoms with van der Waals surface area (Å²) in [7, 11) is 0. The molecule has 0 aliphatic carbocycles. The molecule has 0 aliphatic heterocycles. The SMILES string of the molecule is C/C=C(\C)C(=O)NCCc1ccc(O)cc1. The zero-order chi connectivity index (χ0) is 12.0. The van der Waals surface area contributed by atoms with Crippen molar-refractivity contribution in [1.82, 2.24) is 5.32 Å². The summed E-state index contributed by atoms with van der Waals surface area (Å²) in [5.41, 5.74) is 1.82. The highest BCUT2D eigenvalue weighted by Crippen LogP contribution is 2.09. The summed E-state index contributed by atoms with van der Waals surface area (Å²) >= 11 is 0. The molecule has 0 atom stereocenters. The summed E-state index contributed by atoms with van der Waals surface area (Å²) in [4.78, 5) is 11.4. The van der Waals surface area contributed by atoms with Gasteiger partial charge in [-0.2, -0.15) is 0 Å². The van der Waals surface area contributed by atoms with Gasteiger partial charge < -0.3 is 10.4 Å². The van der Waals surface area contributed by atoms with E-state index in [1.807, 2.05) is 19.1 Å². The Morgan fingerprint density at radius 1 is 1.38 bits per heavy atom. The Bertz CT molecular complexity index is 379. The van der Waals surface area contributed by atoms with Crippen LogP contribution in [-0.2, 0) is 11.2 Å². The standard InChI is InChI=1S/C13H17NO2/c1-3-10(2)13(16)14-9-8-11-4-6-12(15)7-5-11/h3-7,15H,8-9H2,1-2H3,(H,14,16)/b10-3+. The minimum Gasteiger partial charge on any atom is -0.508 e. The predicted molar refractivity (Wildman–Crippen MR) is 64.3 cm³/mol. The van der Waals surface area contributed by atoms with Crippen molar-refractivity contribution < 1.29 is 9.90 Å². The average Bonchev–Trinajstić information content (AvgIpc) is 2.30. The van der Waals surface area contributed by atoms with Gasteiger partial charge in [0.15, 0.2) is 0 Å². The van der Waals surface area contributed by atoms with Gasteiger partial charge in [0.25, 0.3) is 0 Å². The van der Waals surface area contributed by atoms with E-state index in [2.05, 4.69) is 5.32 Å². The Hall–Kier alpha value is -1.77. The number of phenols is 1. The van der Waals surface area contributed by atoms with Crippen molar-refractivity contribution >= 4 is 5.91 Å². The molecule has 3 heteroatoms. The molecule has 1 rings (SSSR count). The third kappa shape index (κ3) is 3.77. The average molecular weight is 219 g/mol. The Labute approximate surface area is 95.8 Å². The van der Waals surface area contributed by atoms with Gasteiger partial charge in [-0.25, -0.2) is 0 Å². The zero-order valence-electron chi connectivity index (χ0n) is 9.66. The molecule has 0 fully saturated rings. The number of amides is 1. The monoisotopic (exact) mass is 219 g/mol. The van der Waals surface area contributed by atoms with Crippen LogP contribution in [0.5, 0.6) is 5.75 Å². The lowest BCUT2D eigenvalue weighted by Crippen LogP contribution is -2.26. The molecule has 1 amide bonds. The number of aromatic hydroxyl groups is 1. The minimum absolute atomic E-state index is 0.0266. The Kier molecular flexibility index (Phi) is 4.58. The number of hydrogen-bond donors (Lipinski definition) is 2. The van der Waals surface area contributed by atoms with E-state index in [0.29, 0.717) is 6.54 Å². The van der Waals surface area contributed by atoms with Gasteiger partial charge >= 0.3 is 0 Å². The molecule has 0 saturated carbocycles. The predicted octanol–water partition coefficient (Wildman–Crippen LogP) is 2.02. The van der Waals surface area contributed by atoms with Crippen molar-refractivity contribution in [3.8, 4) is 5.75 Å². The molecule has 1 aromatic rings. The minimum atomic E-state index is -0.0266. The highest BCUT2D eigenvalue weighted by molar-refractivity contribution is 5.92. The first-order valence-electron chi connectivity index (χ1n) is 5.32. The molecule has 3 nitrogen and oxygen atoms in total. The second-order valence-electron chi connectivity index (χ2n) is 3.64. The van der Waals surface area contributed by atoms with Crippen LogP contribution in [-0.4, -0.2) is 17.6 Å². The maximum Gasteiger partial charge on any atom is 0.246 e. The second-order valence-corrected chi connectivity index (χ2v) is 3.64. The van der Waals surface area contributed by atoms with E-state index in [1.165, 1.54) is 0 Å². The lowest BCUT2D eigenvalue weighted by Gasteiger charge is -2.05. The summed E-state index contributed by atoms with van der Waals surface area (Å²) in [5.74, 6) is 0.235. The third-order valence-corrected chi connectivity index (χ3v) is 2.43. The van der Waals surface area contributed by atoms with E-state index in [-0.39, 0.29) is 11.7 Å². The third-order valence-electron chi connectivity index (χ3n) is 2.43. The maximum absolute atomic E-state index is 11.4. The van der Waals surface area contributed by atoms with Crippen LogP contribution < -0.4 is 5.32 Å². The largest absolute Gasteiger partial charge is 0.508 e. The molecular weight excluding hydrogens is 202 g/mol. The molecular formula is C13H17NO2. The first kappa shape index (κ1) is 12.3. The normalized spacial score (nSPS) is 11.2. The van der Waals surface area contributed by atoms with Crippen LogP contribution in [0, 0.1) is 0 Å². The number of allylic oxidation sites excluding steroid dienone is 1. The molecule has 0 unspecified atom stereocenters. The van der Waals surface area contributed by atoms with Gasteiger partial charge in [0, 0.05) is 12.1 Å². The summed E-state index contributed by atoms with van der Waals surface area (Å²) in [6.45, 7) is 4.24. The quantitative estimate of drug-likeness (QED) is 0.761. The Morgan fingerprint density at radius 3 is 2.56 bits per heavy atom. The summed E-state index contributed by atoms with van der Waals surface area (Å²) in [5, 5.41) is 11.9. The van der Waals surface area contributed by atoms with Crippen LogP contribution >= 0.6 is 0 Å². The van der Waals surface area contributed by atoms with Gasteiger partial charge in [0.05, 0.1) is 0 Å². The van der Waals surface area contributed by atoms with Crippen molar-refractivity contribution in [3.63, 3.8) is 0 Å². The van der Waals surface area contributed by atoms with E-state index in [1.54, 1.807) is 25.1 Å². The van der Waals surface area contributed by atoms with Crippen molar-refractivity contribution in [2.24, 2.45) is 0 Å². The molecule has 0 bridgehead atoms. The fourth-order valence-electron chi connectivity index (χ4n) is 1.25. The molecule has 1 aromatic carbocycles. The molecule has 86 valence electrons. The van der Waals surface area contributed by atoms with Gasteiger partial charge in [0.2, 0.25) is 5.91 Å². The number of carbonyl (C=O) groups is 1. The first-order chi connectivity index (χ1) is 7.63. The summed E-state index contributed by atoms with van der Waals surface area (Å²) in [6, 6.07) is 7.00. The van der Waals surface area contributed by atoms with E-state index in [9.17, 15) is 4.79 Å². The van der Waals surface area contributed by atoms with Crippen LogP contribution in [0.1, 0.15) is 19.4 Å². The number of nitrogens with one attached hydrogen (secondary N) is 1. The fourth-order valence-corrected chi connectivity index (χ4v) is 1.25. The van der Waals surface area contributed by atoms with Crippen LogP contribution in [0.4, 0.5) is 0 Å². The van der Waals surface area contributed by atoms with Gasteiger partial charge in [0.1, 0.15) is 5.75 Å². The number of phenolic OH excluding ortho intramolecular Hbond substituents is 1. The van der Waals surface area contributed by atoms with Crippen LogP contribution in [0.3, 0.4) is 0 Å². The van der Waals surface area contributed by atoms with E-state index >= 15 is 0 Å². The van der Waals surface area contributed by atoms with Crippen molar-refractivity contribution in [2.45, 2.75) is 20.3 Å². The molecule has 2 N–H and O–H groups in total. The maximum atomic E-state index is 11.4. The van der Waals surface area contributed by atoms with Crippen LogP contribution in [0.2, 0.25) is 0 Å². The van der Waals surface area contributed by atoms with E-state index in [0.717, 1.165) is 17.6 Å². The van der Waals surface area contributed by atoms with Crippen molar-refractivity contribution in [1.29, 1.82) is 0 Å². The lowest BCUT2D eigenvalue weighted by molar-refractivity contribution is -0.117. The first-order valence-corrected chi connectivity index (χ1v) is 5.32. The number of rotatable bonds is 4. The van der Waals surface area contributed by atoms with Gasteiger partial charge in [-0.1, -0.05) is 18.2 Å². The van der Waals surface area contributed by atoms with Gasteiger partial charge in [-0.3, -0.25) is 4.79 Å². The van der Waals surface area contributed by atoms with Crippen molar-refractivity contribution in [2.75, 3.05) is 6.54 Å². The van der Waals surface area contributed by atoms with Crippen LogP contribution in [0.15, 0.2) is 35.9 Å². The van der Waals surface area contributed by atoms with E-state index < -0.39 is 0 Å². The number of carbonyl (C=O) groups excluding carboxylic acids is 1. The highest BCUT2D eigenvalue weighted by atomic mass is 16.3.